The van der Waals surface area contributed by atoms with Crippen molar-refractivity contribution in [2.45, 2.75) is 52.1 Å². The van der Waals surface area contributed by atoms with Crippen LogP contribution in [0.5, 0.6) is 0 Å². The minimum absolute atomic E-state index is 0.113. The molecule has 3 heterocycles. The number of H-pyrrole nitrogens is 1. The van der Waals surface area contributed by atoms with Crippen molar-refractivity contribution < 1.29 is 4.79 Å². The zero-order valence-electron chi connectivity index (χ0n) is 16.2. The summed E-state index contributed by atoms with van der Waals surface area (Å²) in [5.74, 6) is 1.75. The van der Waals surface area contributed by atoms with Gasteiger partial charge in [0.2, 0.25) is 0 Å². The van der Waals surface area contributed by atoms with E-state index in [0.717, 1.165) is 34.7 Å². The topological polar surface area (TPSA) is 88.5 Å². The van der Waals surface area contributed by atoms with Gasteiger partial charge in [-0.25, -0.2) is 9.97 Å². The number of aryl methyl sites for hydroxylation is 1. The Balaban J connectivity index is 1.65. The van der Waals surface area contributed by atoms with E-state index in [9.17, 15) is 4.79 Å². The second-order valence-electron chi connectivity index (χ2n) is 7.63. The van der Waals surface area contributed by atoms with Crippen LogP contribution >= 0.6 is 15.9 Å². The average molecular weight is 445 g/mol. The number of imidazole rings is 1. The minimum Gasteiger partial charge on any atom is -0.340 e. The Kier molecular flexibility index (Phi) is 5.48. The van der Waals surface area contributed by atoms with E-state index >= 15 is 0 Å². The van der Waals surface area contributed by atoms with Gasteiger partial charge in [0.25, 0.3) is 5.91 Å². The Hall–Kier alpha value is -2.22. The van der Waals surface area contributed by atoms with Crippen LogP contribution in [0.1, 0.15) is 61.9 Å². The smallest absolute Gasteiger partial charge is 0.270 e. The van der Waals surface area contributed by atoms with Gasteiger partial charge in [0.15, 0.2) is 5.65 Å². The molecule has 2 N–H and O–H groups in total. The maximum atomic E-state index is 13.0. The molecule has 1 amide bonds. The first kappa shape index (κ1) is 19.1. The summed E-state index contributed by atoms with van der Waals surface area (Å²) in [6.45, 7) is 4.93. The van der Waals surface area contributed by atoms with Crippen molar-refractivity contribution >= 4 is 33.0 Å². The van der Waals surface area contributed by atoms with E-state index < -0.39 is 0 Å². The number of rotatable bonds is 5. The third-order valence-corrected chi connectivity index (χ3v) is 6.13. The largest absolute Gasteiger partial charge is 0.340 e. The van der Waals surface area contributed by atoms with Gasteiger partial charge in [-0.3, -0.25) is 9.48 Å². The van der Waals surface area contributed by atoms with Crippen LogP contribution in [-0.2, 0) is 6.54 Å². The van der Waals surface area contributed by atoms with E-state index in [1.807, 2.05) is 19.1 Å². The number of nitrogens with zero attached hydrogens (tertiary/aromatic N) is 4. The van der Waals surface area contributed by atoms with Crippen molar-refractivity contribution in [1.82, 2.24) is 30.0 Å². The summed E-state index contributed by atoms with van der Waals surface area (Å²) in [7, 11) is 0. The molecule has 3 aromatic rings. The summed E-state index contributed by atoms with van der Waals surface area (Å²) in [6.07, 6.45) is 6.17. The summed E-state index contributed by atoms with van der Waals surface area (Å²) in [6, 6.07) is 5.43. The maximum absolute atomic E-state index is 13.0. The third-order valence-electron chi connectivity index (χ3n) is 5.69. The van der Waals surface area contributed by atoms with Gasteiger partial charge in [0, 0.05) is 12.7 Å². The average Bonchev–Trinajstić information content (AvgIpc) is 3.33. The molecule has 1 saturated carbocycles. The minimum atomic E-state index is -0.173. The van der Waals surface area contributed by atoms with Crippen LogP contribution in [0.3, 0.4) is 0 Å². The summed E-state index contributed by atoms with van der Waals surface area (Å²) >= 11 is 3.40. The maximum Gasteiger partial charge on any atom is 0.270 e. The lowest BCUT2D eigenvalue weighted by atomic mass is 9.79. The molecule has 1 aliphatic carbocycles. The predicted octanol–water partition coefficient (Wildman–Crippen LogP) is 4.23. The lowest BCUT2D eigenvalue weighted by Crippen LogP contribution is -2.36. The molecular formula is C20H25BrN6O. The van der Waals surface area contributed by atoms with Crippen LogP contribution in [0.2, 0.25) is 0 Å². The zero-order chi connectivity index (χ0) is 19.7. The van der Waals surface area contributed by atoms with E-state index in [0.29, 0.717) is 23.8 Å². The molecule has 0 aliphatic heterocycles. The van der Waals surface area contributed by atoms with Gasteiger partial charge in [-0.1, -0.05) is 19.8 Å². The third kappa shape index (κ3) is 3.83. The molecule has 0 radical (unpaired) electrons. The van der Waals surface area contributed by atoms with Crippen molar-refractivity contribution in [2.24, 2.45) is 11.8 Å². The molecule has 148 valence electrons. The van der Waals surface area contributed by atoms with Gasteiger partial charge in [-0.05, 0) is 65.7 Å². The second kappa shape index (κ2) is 8.03. The first-order chi connectivity index (χ1) is 13.5. The Morgan fingerprint density at radius 1 is 1.29 bits per heavy atom. The summed E-state index contributed by atoms with van der Waals surface area (Å²) in [5, 5.41) is 7.46. The number of amides is 1. The van der Waals surface area contributed by atoms with Crippen LogP contribution < -0.4 is 5.32 Å². The van der Waals surface area contributed by atoms with E-state index in [1.165, 1.54) is 12.8 Å². The molecule has 1 fully saturated rings. The fraction of sp³-hybridized carbons (Fsp3) is 0.500. The van der Waals surface area contributed by atoms with Crippen molar-refractivity contribution in [3.8, 4) is 0 Å². The zero-order valence-corrected chi connectivity index (χ0v) is 17.7. The first-order valence-electron chi connectivity index (χ1n) is 9.90. The number of nitrogens with one attached hydrogen (secondary N) is 2. The molecular weight excluding hydrogens is 420 g/mol. The normalized spacial score (nSPS) is 21.0. The van der Waals surface area contributed by atoms with E-state index in [-0.39, 0.29) is 11.9 Å². The van der Waals surface area contributed by atoms with Crippen LogP contribution in [-0.4, -0.2) is 30.6 Å². The van der Waals surface area contributed by atoms with Crippen molar-refractivity contribution in [3.05, 3.63) is 40.5 Å². The van der Waals surface area contributed by atoms with Gasteiger partial charge in [0.05, 0.1) is 11.6 Å². The predicted molar refractivity (Wildman–Crippen MR) is 111 cm³/mol. The van der Waals surface area contributed by atoms with Gasteiger partial charge in [0.1, 0.15) is 16.1 Å². The fourth-order valence-electron chi connectivity index (χ4n) is 4.06. The Bertz CT molecular complexity index is 972. The SMILES string of the molecule is CCn1nccc1C(=O)N[C@H](c1nc2nc(Br)ccc2[nH]1)C1CCC(C)CC1. The van der Waals surface area contributed by atoms with Gasteiger partial charge < -0.3 is 10.3 Å². The summed E-state index contributed by atoms with van der Waals surface area (Å²) < 4.78 is 2.46. The number of carbonyl (C=O) groups excluding carboxylic acids is 1. The van der Waals surface area contributed by atoms with Crippen LogP contribution in [0.4, 0.5) is 0 Å². The number of hydrogen-bond donors (Lipinski definition) is 2. The quantitative estimate of drug-likeness (QED) is 0.576. The van der Waals surface area contributed by atoms with Crippen LogP contribution in [0, 0.1) is 11.8 Å². The highest BCUT2D eigenvalue weighted by atomic mass is 79.9. The molecule has 28 heavy (non-hydrogen) atoms. The number of aromatic nitrogens is 5. The van der Waals surface area contributed by atoms with Crippen LogP contribution in [0.25, 0.3) is 11.2 Å². The Morgan fingerprint density at radius 2 is 2.07 bits per heavy atom. The Morgan fingerprint density at radius 3 is 2.82 bits per heavy atom. The lowest BCUT2D eigenvalue weighted by Gasteiger charge is -2.32. The van der Waals surface area contributed by atoms with E-state index in [1.54, 1.807) is 16.9 Å². The van der Waals surface area contributed by atoms with Crippen molar-refractivity contribution in [3.63, 3.8) is 0 Å². The Labute approximate surface area is 172 Å². The van der Waals surface area contributed by atoms with Gasteiger partial charge >= 0.3 is 0 Å². The first-order valence-corrected chi connectivity index (χ1v) is 10.7. The molecule has 0 bridgehead atoms. The van der Waals surface area contributed by atoms with E-state index in [4.69, 9.17) is 4.98 Å². The van der Waals surface area contributed by atoms with Crippen LogP contribution in [0.15, 0.2) is 29.0 Å². The standard InChI is InChI=1S/C20H25BrN6O/c1-3-27-15(10-11-22-27)20(28)25-17(13-6-4-12(2)5-7-13)19-23-14-8-9-16(21)24-18(14)26-19/h8-13,17H,3-7H2,1-2H3,(H,25,28)(H,23,24,26)/t12?,13?,17-/m0/s1. The number of aromatic amines is 1. The molecule has 1 aliphatic rings. The fourth-order valence-corrected chi connectivity index (χ4v) is 4.36. The molecule has 0 saturated heterocycles. The summed E-state index contributed by atoms with van der Waals surface area (Å²) in [4.78, 5) is 25.5. The van der Waals surface area contributed by atoms with Gasteiger partial charge in [-0.15, -0.1) is 0 Å². The van der Waals surface area contributed by atoms with E-state index in [2.05, 4.69) is 43.2 Å². The van der Waals surface area contributed by atoms with Crippen molar-refractivity contribution in [1.29, 1.82) is 0 Å². The molecule has 0 spiro atoms. The number of carbonyl (C=O) groups is 1. The molecule has 4 rings (SSSR count). The molecule has 0 aromatic carbocycles. The number of pyridine rings is 1. The highest BCUT2D eigenvalue weighted by Gasteiger charge is 2.31. The molecule has 7 nitrogen and oxygen atoms in total. The second-order valence-corrected chi connectivity index (χ2v) is 8.44. The lowest BCUT2D eigenvalue weighted by molar-refractivity contribution is 0.0894. The monoisotopic (exact) mass is 444 g/mol. The van der Waals surface area contributed by atoms with Gasteiger partial charge in [-0.2, -0.15) is 5.10 Å². The van der Waals surface area contributed by atoms with Crippen molar-refractivity contribution in [2.75, 3.05) is 0 Å². The molecule has 3 aromatic heterocycles. The highest BCUT2D eigenvalue weighted by Crippen LogP contribution is 2.36. The number of fused-ring (bicyclic) bond motifs is 1. The summed E-state index contributed by atoms with van der Waals surface area (Å²) in [5.41, 5.74) is 2.11. The molecule has 1 atom stereocenters. The molecule has 8 heteroatoms. The number of hydrogen-bond acceptors (Lipinski definition) is 4. The highest BCUT2D eigenvalue weighted by molar-refractivity contribution is 9.10. The number of halogens is 1. The molecule has 0 unspecified atom stereocenters.